The number of para-hydroxylation sites is 2. The molecule has 1 aliphatic heterocycles. The van der Waals surface area contributed by atoms with Gasteiger partial charge in [0.15, 0.2) is 11.5 Å². The maximum atomic E-state index is 13.2. The molecule has 0 bridgehead atoms. The van der Waals surface area contributed by atoms with Crippen molar-refractivity contribution < 1.29 is 23.7 Å². The number of carbonyl (C=O) groups is 1. The van der Waals surface area contributed by atoms with E-state index in [1.54, 1.807) is 25.2 Å². The van der Waals surface area contributed by atoms with Crippen molar-refractivity contribution in [3.63, 3.8) is 0 Å². The van der Waals surface area contributed by atoms with Gasteiger partial charge in [0.25, 0.3) is 0 Å². The Balaban J connectivity index is 1.78. The van der Waals surface area contributed by atoms with Crippen LogP contribution in [0.5, 0.6) is 17.2 Å². The minimum atomic E-state index is -0.217. The first kappa shape index (κ1) is 22.5. The van der Waals surface area contributed by atoms with Crippen molar-refractivity contribution >= 4 is 11.7 Å². The minimum Gasteiger partial charge on any atom is -0.495 e. The van der Waals surface area contributed by atoms with E-state index >= 15 is 0 Å². The van der Waals surface area contributed by atoms with E-state index in [0.717, 1.165) is 25.0 Å². The number of urea groups is 1. The van der Waals surface area contributed by atoms with E-state index in [0.29, 0.717) is 42.6 Å². The molecule has 0 radical (unpaired) electrons. The topological polar surface area (TPSA) is 69.3 Å². The molecule has 1 atom stereocenters. The average molecular weight is 427 g/mol. The fourth-order valence-electron chi connectivity index (χ4n) is 3.49. The third-order valence-corrected chi connectivity index (χ3v) is 5.04. The highest BCUT2D eigenvalue weighted by Crippen LogP contribution is 2.29. The summed E-state index contributed by atoms with van der Waals surface area (Å²) in [5.41, 5.74) is 1.55. The van der Waals surface area contributed by atoms with Crippen molar-refractivity contribution in [2.45, 2.75) is 25.5 Å². The smallest absolute Gasteiger partial charge is 0.322 e. The van der Waals surface area contributed by atoms with E-state index in [1.807, 2.05) is 42.5 Å². The van der Waals surface area contributed by atoms with Gasteiger partial charge < -0.3 is 29.2 Å². The Hall–Kier alpha value is -3.19. The molecule has 7 heteroatoms. The van der Waals surface area contributed by atoms with Crippen LogP contribution < -0.4 is 19.5 Å². The quantitative estimate of drug-likeness (QED) is 0.567. The van der Waals surface area contributed by atoms with Crippen LogP contribution in [0.4, 0.5) is 10.5 Å². The largest absolute Gasteiger partial charge is 0.495 e. The molecule has 2 amide bonds. The predicted octanol–water partition coefficient (Wildman–Crippen LogP) is 4.48. The lowest BCUT2D eigenvalue weighted by molar-refractivity contribution is 0.0819. The molecule has 0 unspecified atom stereocenters. The van der Waals surface area contributed by atoms with Gasteiger partial charge in [-0.1, -0.05) is 30.9 Å². The van der Waals surface area contributed by atoms with Gasteiger partial charge in [0.1, 0.15) is 12.4 Å². The molecule has 0 aromatic heterocycles. The molecule has 2 aromatic rings. The van der Waals surface area contributed by atoms with Gasteiger partial charge in [-0.05, 0) is 42.7 Å². The summed E-state index contributed by atoms with van der Waals surface area (Å²) in [6.07, 6.45) is 3.66. The number of ether oxygens (including phenoxy) is 4. The number of nitrogens with one attached hydrogen (secondary N) is 1. The molecule has 3 rings (SSSR count). The van der Waals surface area contributed by atoms with Crippen molar-refractivity contribution in [2.75, 3.05) is 39.3 Å². The standard InChI is InChI=1S/C24H30N2O5/c1-4-13-31-22-12-11-18(15-23(22)29-3)16-26(17-19-8-7-14-30-19)24(27)25-20-9-5-6-10-21(20)28-2/h4-6,9-12,15,19H,1,7-8,13-14,16-17H2,2-3H3,(H,25,27)/t19-/m0/s1. The monoisotopic (exact) mass is 426 g/mol. The SMILES string of the molecule is C=CCOc1ccc(CN(C[C@@H]2CCCO2)C(=O)Nc2ccccc2OC)cc1OC. The number of carbonyl (C=O) groups excluding carboxylic acids is 1. The summed E-state index contributed by atoms with van der Waals surface area (Å²) in [4.78, 5) is 14.9. The molecule has 2 aromatic carbocycles. The van der Waals surface area contributed by atoms with E-state index in [1.165, 1.54) is 0 Å². The number of benzene rings is 2. The number of hydrogen-bond donors (Lipinski definition) is 1. The van der Waals surface area contributed by atoms with Crippen molar-refractivity contribution in [3.05, 3.63) is 60.7 Å². The van der Waals surface area contributed by atoms with Crippen LogP contribution in [0.1, 0.15) is 18.4 Å². The highest BCUT2D eigenvalue weighted by Gasteiger charge is 2.24. The Morgan fingerprint density at radius 1 is 1.19 bits per heavy atom. The van der Waals surface area contributed by atoms with E-state index in [2.05, 4.69) is 11.9 Å². The Labute approximate surface area is 183 Å². The minimum absolute atomic E-state index is 0.0283. The van der Waals surface area contributed by atoms with Crippen LogP contribution in [-0.2, 0) is 11.3 Å². The van der Waals surface area contributed by atoms with E-state index in [4.69, 9.17) is 18.9 Å². The summed E-state index contributed by atoms with van der Waals surface area (Å²) in [6.45, 7) is 5.69. The Bertz CT molecular complexity index is 880. The van der Waals surface area contributed by atoms with Crippen LogP contribution in [0.3, 0.4) is 0 Å². The first-order valence-electron chi connectivity index (χ1n) is 10.4. The third-order valence-electron chi connectivity index (χ3n) is 5.04. The molecule has 31 heavy (non-hydrogen) atoms. The zero-order valence-electron chi connectivity index (χ0n) is 18.1. The van der Waals surface area contributed by atoms with Gasteiger partial charge in [-0.2, -0.15) is 0 Å². The molecule has 1 fully saturated rings. The summed E-state index contributed by atoms with van der Waals surface area (Å²) in [5.74, 6) is 1.86. The summed E-state index contributed by atoms with van der Waals surface area (Å²) in [7, 11) is 3.18. The van der Waals surface area contributed by atoms with Crippen LogP contribution >= 0.6 is 0 Å². The maximum Gasteiger partial charge on any atom is 0.322 e. The molecular formula is C24H30N2O5. The number of nitrogens with zero attached hydrogens (tertiary/aromatic N) is 1. The van der Waals surface area contributed by atoms with Gasteiger partial charge >= 0.3 is 6.03 Å². The molecule has 1 heterocycles. The molecule has 0 spiro atoms. The molecule has 0 aliphatic carbocycles. The van der Waals surface area contributed by atoms with Gasteiger partial charge in [-0.25, -0.2) is 4.79 Å². The second kappa shape index (κ2) is 11.3. The summed E-state index contributed by atoms with van der Waals surface area (Å²) in [6, 6.07) is 12.8. The lowest BCUT2D eigenvalue weighted by Crippen LogP contribution is -2.39. The summed E-state index contributed by atoms with van der Waals surface area (Å²) >= 11 is 0. The molecule has 1 N–H and O–H groups in total. The predicted molar refractivity (Wildman–Crippen MR) is 120 cm³/mol. The van der Waals surface area contributed by atoms with Crippen molar-refractivity contribution in [1.82, 2.24) is 4.90 Å². The van der Waals surface area contributed by atoms with Crippen LogP contribution in [0, 0.1) is 0 Å². The van der Waals surface area contributed by atoms with Gasteiger partial charge in [0.05, 0.1) is 26.0 Å². The number of methoxy groups -OCH3 is 2. The third kappa shape index (κ3) is 6.15. The maximum absolute atomic E-state index is 13.2. The zero-order valence-corrected chi connectivity index (χ0v) is 18.1. The number of anilines is 1. The first-order chi connectivity index (χ1) is 15.1. The van der Waals surface area contributed by atoms with E-state index < -0.39 is 0 Å². The summed E-state index contributed by atoms with van der Waals surface area (Å²) in [5, 5.41) is 2.96. The number of hydrogen-bond acceptors (Lipinski definition) is 5. The molecule has 1 aliphatic rings. The van der Waals surface area contributed by atoms with Crippen LogP contribution in [0.15, 0.2) is 55.1 Å². The molecule has 1 saturated heterocycles. The zero-order chi connectivity index (χ0) is 22.1. The van der Waals surface area contributed by atoms with Crippen LogP contribution in [-0.4, -0.2) is 51.0 Å². The Morgan fingerprint density at radius 3 is 2.71 bits per heavy atom. The fraction of sp³-hybridized carbons (Fsp3) is 0.375. The average Bonchev–Trinajstić information content (AvgIpc) is 3.31. The number of amides is 2. The van der Waals surface area contributed by atoms with Crippen molar-refractivity contribution in [1.29, 1.82) is 0 Å². The molecular weight excluding hydrogens is 396 g/mol. The number of rotatable bonds is 10. The highest BCUT2D eigenvalue weighted by molar-refractivity contribution is 5.91. The van der Waals surface area contributed by atoms with Crippen molar-refractivity contribution in [3.8, 4) is 17.2 Å². The molecule has 7 nitrogen and oxygen atoms in total. The molecule has 166 valence electrons. The van der Waals surface area contributed by atoms with Gasteiger partial charge in [0, 0.05) is 19.7 Å². The van der Waals surface area contributed by atoms with Crippen LogP contribution in [0.25, 0.3) is 0 Å². The second-order valence-electron chi connectivity index (χ2n) is 7.23. The highest BCUT2D eigenvalue weighted by atomic mass is 16.5. The van der Waals surface area contributed by atoms with E-state index in [-0.39, 0.29) is 12.1 Å². The van der Waals surface area contributed by atoms with Crippen molar-refractivity contribution in [2.24, 2.45) is 0 Å². The first-order valence-corrected chi connectivity index (χ1v) is 10.4. The van der Waals surface area contributed by atoms with Gasteiger partial charge in [-0.3, -0.25) is 0 Å². The Kier molecular flexibility index (Phi) is 8.18. The summed E-state index contributed by atoms with van der Waals surface area (Å²) < 4.78 is 22.2. The normalized spacial score (nSPS) is 15.2. The van der Waals surface area contributed by atoms with E-state index in [9.17, 15) is 4.79 Å². The second-order valence-corrected chi connectivity index (χ2v) is 7.23. The Morgan fingerprint density at radius 2 is 2.00 bits per heavy atom. The lowest BCUT2D eigenvalue weighted by Gasteiger charge is -2.26. The van der Waals surface area contributed by atoms with Crippen LogP contribution in [0.2, 0.25) is 0 Å². The fourth-order valence-corrected chi connectivity index (χ4v) is 3.49. The van der Waals surface area contributed by atoms with Gasteiger partial charge in [-0.15, -0.1) is 0 Å². The molecule has 0 saturated carbocycles. The van der Waals surface area contributed by atoms with Gasteiger partial charge in [0.2, 0.25) is 0 Å². The lowest BCUT2D eigenvalue weighted by atomic mass is 10.1.